The zero-order valence-corrected chi connectivity index (χ0v) is 18.7. The molecule has 1 aliphatic rings. The van der Waals surface area contributed by atoms with Crippen LogP contribution in [0.15, 0.2) is 65.2 Å². The Bertz CT molecular complexity index is 1490. The van der Waals surface area contributed by atoms with Crippen LogP contribution in [-0.2, 0) is 11.3 Å². The molecule has 1 heterocycles. The molecular formula is C26H18N2O7. The third-order valence-electron chi connectivity index (χ3n) is 5.62. The van der Waals surface area contributed by atoms with Gasteiger partial charge in [-0.25, -0.2) is 4.79 Å². The van der Waals surface area contributed by atoms with E-state index in [4.69, 9.17) is 18.7 Å². The molecule has 1 aromatic heterocycles. The summed E-state index contributed by atoms with van der Waals surface area (Å²) in [6.45, 7) is -0.327. The molecule has 4 aromatic rings. The average molecular weight is 470 g/mol. The second-order valence-electron chi connectivity index (χ2n) is 7.59. The summed E-state index contributed by atoms with van der Waals surface area (Å²) in [7, 11) is 3.05. The standard InChI is InChI=1S/C26H18N2O7/c1-32-14-10-11-17(20(12-14)33-2)25-27-21(35-28-25)13-34-26(31)19-9-5-8-18-22(19)24(30)16-7-4-3-6-15(16)23(18)29/h3-12H,13H2,1-2H3. The molecule has 0 radical (unpaired) electrons. The van der Waals surface area contributed by atoms with Crippen molar-refractivity contribution in [2.24, 2.45) is 0 Å². The van der Waals surface area contributed by atoms with Crippen molar-refractivity contribution < 1.29 is 33.1 Å². The number of benzene rings is 3. The van der Waals surface area contributed by atoms with E-state index in [0.717, 1.165) is 0 Å². The molecule has 0 atom stereocenters. The molecule has 0 bridgehead atoms. The second-order valence-corrected chi connectivity index (χ2v) is 7.59. The zero-order chi connectivity index (χ0) is 24.5. The number of carbonyl (C=O) groups excluding carboxylic acids is 3. The number of hydrogen-bond donors (Lipinski definition) is 0. The van der Waals surface area contributed by atoms with Gasteiger partial charge in [-0.05, 0) is 18.2 Å². The molecule has 1 aliphatic carbocycles. The summed E-state index contributed by atoms with van der Waals surface area (Å²) >= 11 is 0. The molecule has 0 fully saturated rings. The number of rotatable bonds is 6. The van der Waals surface area contributed by atoms with Gasteiger partial charge in [0, 0.05) is 28.3 Å². The van der Waals surface area contributed by atoms with Gasteiger partial charge in [-0.15, -0.1) is 0 Å². The summed E-state index contributed by atoms with van der Waals surface area (Å²) in [5, 5.41) is 3.92. The molecule has 5 rings (SSSR count). The first-order valence-corrected chi connectivity index (χ1v) is 10.6. The molecule has 0 amide bonds. The van der Waals surface area contributed by atoms with Crippen molar-refractivity contribution in [3.8, 4) is 22.9 Å². The third kappa shape index (κ3) is 3.82. The second kappa shape index (κ2) is 8.86. The maximum atomic E-state index is 13.1. The Labute approximate surface area is 199 Å². The van der Waals surface area contributed by atoms with E-state index in [0.29, 0.717) is 22.6 Å². The number of nitrogens with zero attached hydrogens (tertiary/aromatic N) is 2. The summed E-state index contributed by atoms with van der Waals surface area (Å²) < 4.78 is 21.1. The number of fused-ring (bicyclic) bond motifs is 2. The number of ketones is 2. The van der Waals surface area contributed by atoms with Crippen molar-refractivity contribution in [3.05, 3.63) is 94.4 Å². The van der Waals surface area contributed by atoms with Crippen molar-refractivity contribution in [2.45, 2.75) is 6.61 Å². The minimum absolute atomic E-state index is 0.00749. The van der Waals surface area contributed by atoms with E-state index in [-0.39, 0.29) is 46.4 Å². The lowest BCUT2D eigenvalue weighted by atomic mass is 9.82. The summed E-state index contributed by atoms with van der Waals surface area (Å²) in [6, 6.07) is 16.1. The summed E-state index contributed by atoms with van der Waals surface area (Å²) in [5.41, 5.74) is 1.30. The van der Waals surface area contributed by atoms with Crippen LogP contribution in [0.5, 0.6) is 11.5 Å². The molecular weight excluding hydrogens is 452 g/mol. The van der Waals surface area contributed by atoms with Crippen LogP contribution >= 0.6 is 0 Å². The molecule has 0 N–H and O–H groups in total. The van der Waals surface area contributed by atoms with Gasteiger partial charge in [0.2, 0.25) is 5.82 Å². The van der Waals surface area contributed by atoms with E-state index >= 15 is 0 Å². The number of aromatic nitrogens is 2. The fourth-order valence-electron chi connectivity index (χ4n) is 3.93. The molecule has 3 aromatic carbocycles. The molecule has 0 spiro atoms. The highest BCUT2D eigenvalue weighted by atomic mass is 16.6. The van der Waals surface area contributed by atoms with Crippen LogP contribution < -0.4 is 9.47 Å². The monoisotopic (exact) mass is 470 g/mol. The van der Waals surface area contributed by atoms with E-state index in [2.05, 4.69) is 10.1 Å². The van der Waals surface area contributed by atoms with Crippen LogP contribution in [-0.4, -0.2) is 41.9 Å². The van der Waals surface area contributed by atoms with E-state index < -0.39 is 11.8 Å². The minimum Gasteiger partial charge on any atom is -0.497 e. The van der Waals surface area contributed by atoms with Gasteiger partial charge in [0.25, 0.3) is 5.89 Å². The highest BCUT2D eigenvalue weighted by Crippen LogP contribution is 2.32. The van der Waals surface area contributed by atoms with E-state index in [1.165, 1.54) is 25.3 Å². The number of esters is 1. The summed E-state index contributed by atoms with van der Waals surface area (Å²) in [5.74, 6) is -0.148. The molecule has 0 aliphatic heterocycles. The quantitative estimate of drug-likeness (QED) is 0.341. The van der Waals surface area contributed by atoms with Crippen LogP contribution in [0.4, 0.5) is 0 Å². The number of ether oxygens (including phenoxy) is 3. The minimum atomic E-state index is -0.788. The van der Waals surface area contributed by atoms with Crippen LogP contribution in [0, 0.1) is 0 Å². The largest absolute Gasteiger partial charge is 0.497 e. The summed E-state index contributed by atoms with van der Waals surface area (Å²) in [4.78, 5) is 43.1. The van der Waals surface area contributed by atoms with E-state index in [9.17, 15) is 14.4 Å². The van der Waals surface area contributed by atoms with Crippen molar-refractivity contribution in [1.82, 2.24) is 10.1 Å². The number of carbonyl (C=O) groups is 3. The van der Waals surface area contributed by atoms with Gasteiger partial charge in [0.15, 0.2) is 18.2 Å². The first-order valence-electron chi connectivity index (χ1n) is 10.6. The van der Waals surface area contributed by atoms with Crippen LogP contribution in [0.3, 0.4) is 0 Å². The lowest BCUT2D eigenvalue weighted by Gasteiger charge is -2.19. The maximum absolute atomic E-state index is 13.1. The van der Waals surface area contributed by atoms with Crippen molar-refractivity contribution in [1.29, 1.82) is 0 Å². The van der Waals surface area contributed by atoms with Crippen LogP contribution in [0.25, 0.3) is 11.4 Å². The van der Waals surface area contributed by atoms with Gasteiger partial charge in [0.05, 0.1) is 25.3 Å². The first-order chi connectivity index (χ1) is 17.0. The Morgan fingerprint density at radius 3 is 2.34 bits per heavy atom. The normalized spacial score (nSPS) is 12.1. The summed E-state index contributed by atoms with van der Waals surface area (Å²) in [6.07, 6.45) is 0. The molecule has 0 saturated heterocycles. The van der Waals surface area contributed by atoms with Gasteiger partial charge < -0.3 is 18.7 Å². The van der Waals surface area contributed by atoms with Gasteiger partial charge in [-0.3, -0.25) is 9.59 Å². The molecule has 35 heavy (non-hydrogen) atoms. The Kier molecular flexibility index (Phi) is 5.58. The van der Waals surface area contributed by atoms with Crippen LogP contribution in [0.1, 0.15) is 48.1 Å². The van der Waals surface area contributed by atoms with Crippen molar-refractivity contribution >= 4 is 17.5 Å². The van der Waals surface area contributed by atoms with E-state index in [1.807, 2.05) is 0 Å². The fourth-order valence-corrected chi connectivity index (χ4v) is 3.93. The molecule has 9 heteroatoms. The smallest absolute Gasteiger partial charge is 0.339 e. The predicted octanol–water partition coefficient (Wildman–Crippen LogP) is 3.89. The topological polar surface area (TPSA) is 118 Å². The zero-order valence-electron chi connectivity index (χ0n) is 18.7. The fraction of sp³-hybridized carbons (Fsp3) is 0.115. The van der Waals surface area contributed by atoms with Crippen LogP contribution in [0.2, 0.25) is 0 Å². The first kappa shape index (κ1) is 22.0. The Balaban J connectivity index is 1.37. The Morgan fingerprint density at radius 1 is 0.857 bits per heavy atom. The average Bonchev–Trinajstić information content (AvgIpc) is 3.38. The lowest BCUT2D eigenvalue weighted by molar-refractivity contribution is 0.0427. The molecule has 9 nitrogen and oxygen atoms in total. The Hall–Kier alpha value is -4.79. The molecule has 174 valence electrons. The number of hydrogen-bond acceptors (Lipinski definition) is 9. The van der Waals surface area contributed by atoms with Gasteiger partial charge in [-0.2, -0.15) is 4.98 Å². The molecule has 0 saturated carbocycles. The Morgan fingerprint density at radius 2 is 1.60 bits per heavy atom. The van der Waals surface area contributed by atoms with Crippen molar-refractivity contribution in [3.63, 3.8) is 0 Å². The lowest BCUT2D eigenvalue weighted by Crippen LogP contribution is -2.24. The highest BCUT2D eigenvalue weighted by molar-refractivity contribution is 6.30. The SMILES string of the molecule is COc1ccc(-c2noc(COC(=O)c3cccc4c3C(=O)c3ccccc3C4=O)n2)c(OC)c1. The van der Waals surface area contributed by atoms with Gasteiger partial charge >= 0.3 is 5.97 Å². The highest BCUT2D eigenvalue weighted by Gasteiger charge is 2.33. The van der Waals surface area contributed by atoms with Gasteiger partial charge in [0.1, 0.15) is 11.5 Å². The van der Waals surface area contributed by atoms with E-state index in [1.54, 1.807) is 49.6 Å². The predicted molar refractivity (Wildman–Crippen MR) is 122 cm³/mol. The maximum Gasteiger partial charge on any atom is 0.339 e. The third-order valence-corrected chi connectivity index (χ3v) is 5.62. The number of methoxy groups -OCH3 is 2. The molecule has 0 unspecified atom stereocenters. The van der Waals surface area contributed by atoms with Gasteiger partial charge in [-0.1, -0.05) is 41.6 Å². The van der Waals surface area contributed by atoms with Crippen molar-refractivity contribution in [2.75, 3.05) is 14.2 Å².